The molecule has 3 N–H and O–H groups in total. The minimum Gasteiger partial charge on any atom is -0.481 e. The van der Waals surface area contributed by atoms with Crippen molar-refractivity contribution in [1.29, 1.82) is 0 Å². The quantitative estimate of drug-likeness (QED) is 0.715. The van der Waals surface area contributed by atoms with Gasteiger partial charge in [-0.1, -0.05) is 43.2 Å². The first-order valence-corrected chi connectivity index (χ1v) is 8.69. The largest absolute Gasteiger partial charge is 0.481 e. The first-order chi connectivity index (χ1) is 11.7. The summed E-state index contributed by atoms with van der Waals surface area (Å²) in [4.78, 5) is 24.8. The molecule has 1 aliphatic rings. The Hall–Kier alpha value is -2.08. The van der Waals surface area contributed by atoms with Crippen molar-refractivity contribution in [2.45, 2.75) is 38.1 Å². The summed E-state index contributed by atoms with van der Waals surface area (Å²) in [5, 5.41) is 14.1. The average Bonchev–Trinajstić information content (AvgIpc) is 2.85. The zero-order valence-electron chi connectivity index (χ0n) is 14.0. The van der Waals surface area contributed by atoms with Crippen LogP contribution in [0.5, 0.6) is 0 Å². The molecular weight excluding hydrogens is 306 g/mol. The molecule has 1 saturated heterocycles. The van der Waals surface area contributed by atoms with Crippen LogP contribution in [0.1, 0.15) is 43.7 Å². The van der Waals surface area contributed by atoms with Crippen molar-refractivity contribution in [2.75, 3.05) is 26.2 Å². The minimum absolute atomic E-state index is 0.0678. The number of amides is 2. The second-order valence-electron chi connectivity index (χ2n) is 6.16. The van der Waals surface area contributed by atoms with E-state index in [1.165, 1.54) is 31.2 Å². The highest BCUT2D eigenvalue weighted by atomic mass is 16.4. The number of benzene rings is 1. The smallest absolute Gasteiger partial charge is 0.314 e. The maximum absolute atomic E-state index is 11.9. The van der Waals surface area contributed by atoms with Gasteiger partial charge in [-0.25, -0.2) is 4.79 Å². The lowest BCUT2D eigenvalue weighted by atomic mass is 10.0. The molecule has 1 heterocycles. The van der Waals surface area contributed by atoms with E-state index in [9.17, 15) is 9.59 Å². The number of urea groups is 1. The van der Waals surface area contributed by atoms with E-state index in [1.807, 2.05) is 18.2 Å². The van der Waals surface area contributed by atoms with Crippen LogP contribution in [0.25, 0.3) is 0 Å². The zero-order chi connectivity index (χ0) is 17.2. The first kappa shape index (κ1) is 18.3. The molecule has 0 bridgehead atoms. The average molecular weight is 333 g/mol. The van der Waals surface area contributed by atoms with Crippen LogP contribution in [-0.2, 0) is 4.79 Å². The summed E-state index contributed by atoms with van der Waals surface area (Å²) < 4.78 is 0. The molecule has 6 nitrogen and oxygen atoms in total. The lowest BCUT2D eigenvalue weighted by Gasteiger charge is -2.31. The minimum atomic E-state index is -0.915. The van der Waals surface area contributed by atoms with Crippen molar-refractivity contribution in [3.63, 3.8) is 0 Å². The lowest BCUT2D eigenvalue weighted by Crippen LogP contribution is -2.43. The van der Waals surface area contributed by atoms with Crippen molar-refractivity contribution >= 4 is 12.0 Å². The van der Waals surface area contributed by atoms with Gasteiger partial charge in [-0.05, 0) is 31.5 Å². The second kappa shape index (κ2) is 9.93. The highest BCUT2D eigenvalue weighted by Crippen LogP contribution is 2.23. The molecule has 0 saturated carbocycles. The molecule has 2 rings (SSSR count). The van der Waals surface area contributed by atoms with Gasteiger partial charge in [-0.3, -0.25) is 9.69 Å². The number of nitrogens with one attached hydrogen (secondary N) is 2. The third-order valence-electron chi connectivity index (χ3n) is 4.35. The molecule has 1 unspecified atom stereocenters. The summed E-state index contributed by atoms with van der Waals surface area (Å²) in [6, 6.07) is 10.1. The fourth-order valence-electron chi connectivity index (χ4n) is 3.07. The van der Waals surface area contributed by atoms with Gasteiger partial charge in [0.1, 0.15) is 0 Å². The SMILES string of the molecule is O=C(O)CCNC(=O)NCC(c1ccccc1)N1CCCCCC1. The molecule has 132 valence electrons. The number of carboxylic acid groups (broad SMARTS) is 1. The number of carbonyl (C=O) groups excluding carboxylic acids is 1. The highest BCUT2D eigenvalue weighted by molar-refractivity contribution is 5.75. The molecule has 24 heavy (non-hydrogen) atoms. The number of nitrogens with zero attached hydrogens (tertiary/aromatic N) is 1. The number of hydrogen-bond donors (Lipinski definition) is 3. The van der Waals surface area contributed by atoms with Crippen LogP contribution >= 0.6 is 0 Å². The lowest BCUT2D eigenvalue weighted by molar-refractivity contribution is -0.136. The molecule has 2 amide bonds. The molecule has 1 fully saturated rings. The Labute approximate surface area is 143 Å². The van der Waals surface area contributed by atoms with Crippen molar-refractivity contribution in [2.24, 2.45) is 0 Å². The van der Waals surface area contributed by atoms with Gasteiger partial charge in [0.05, 0.1) is 12.5 Å². The van der Waals surface area contributed by atoms with E-state index < -0.39 is 5.97 Å². The monoisotopic (exact) mass is 333 g/mol. The number of aliphatic carboxylic acids is 1. The molecule has 0 spiro atoms. The van der Waals surface area contributed by atoms with E-state index in [0.717, 1.165) is 13.1 Å². The van der Waals surface area contributed by atoms with Crippen LogP contribution in [0.15, 0.2) is 30.3 Å². The van der Waals surface area contributed by atoms with Gasteiger partial charge >= 0.3 is 12.0 Å². The van der Waals surface area contributed by atoms with E-state index in [-0.39, 0.29) is 25.0 Å². The van der Waals surface area contributed by atoms with Crippen LogP contribution in [-0.4, -0.2) is 48.2 Å². The van der Waals surface area contributed by atoms with Gasteiger partial charge in [0, 0.05) is 13.1 Å². The Morgan fingerprint density at radius 3 is 2.33 bits per heavy atom. The van der Waals surface area contributed by atoms with Gasteiger partial charge in [-0.2, -0.15) is 0 Å². The topological polar surface area (TPSA) is 81.7 Å². The number of likely N-dealkylation sites (tertiary alicyclic amines) is 1. The Morgan fingerprint density at radius 2 is 1.71 bits per heavy atom. The molecule has 1 aliphatic heterocycles. The van der Waals surface area contributed by atoms with Gasteiger partial charge in [-0.15, -0.1) is 0 Å². The number of rotatable bonds is 7. The first-order valence-electron chi connectivity index (χ1n) is 8.69. The molecule has 1 aromatic carbocycles. The molecule has 6 heteroatoms. The Kier molecular flexibility index (Phi) is 7.55. The molecule has 0 radical (unpaired) electrons. The summed E-state index contributed by atoms with van der Waals surface area (Å²) in [6.07, 6.45) is 4.84. The van der Waals surface area contributed by atoms with Crippen molar-refractivity contribution in [1.82, 2.24) is 15.5 Å². The summed E-state index contributed by atoms with van der Waals surface area (Å²) in [6.45, 7) is 2.74. The van der Waals surface area contributed by atoms with E-state index in [1.54, 1.807) is 0 Å². The van der Waals surface area contributed by atoms with Crippen LogP contribution < -0.4 is 10.6 Å². The number of carboxylic acids is 1. The van der Waals surface area contributed by atoms with Gasteiger partial charge in [0.2, 0.25) is 0 Å². The molecule has 0 aliphatic carbocycles. The summed E-state index contributed by atoms with van der Waals surface area (Å²) >= 11 is 0. The molecule has 1 atom stereocenters. The third-order valence-corrected chi connectivity index (χ3v) is 4.35. The maximum Gasteiger partial charge on any atom is 0.314 e. The maximum atomic E-state index is 11.9. The van der Waals surface area contributed by atoms with Crippen molar-refractivity contribution in [3.8, 4) is 0 Å². The molecule has 1 aromatic rings. The third kappa shape index (κ3) is 6.20. The second-order valence-corrected chi connectivity index (χ2v) is 6.16. The fourth-order valence-corrected chi connectivity index (χ4v) is 3.07. The molecule has 0 aromatic heterocycles. The van der Waals surface area contributed by atoms with Crippen LogP contribution in [0, 0.1) is 0 Å². The van der Waals surface area contributed by atoms with E-state index >= 15 is 0 Å². The van der Waals surface area contributed by atoms with Crippen molar-refractivity contribution < 1.29 is 14.7 Å². The van der Waals surface area contributed by atoms with E-state index in [0.29, 0.717) is 6.54 Å². The fraction of sp³-hybridized carbons (Fsp3) is 0.556. The van der Waals surface area contributed by atoms with E-state index in [2.05, 4.69) is 27.7 Å². The highest BCUT2D eigenvalue weighted by Gasteiger charge is 2.21. The summed E-state index contributed by atoms with van der Waals surface area (Å²) in [5.41, 5.74) is 1.20. The van der Waals surface area contributed by atoms with E-state index in [4.69, 9.17) is 5.11 Å². The zero-order valence-corrected chi connectivity index (χ0v) is 14.0. The van der Waals surface area contributed by atoms with Crippen LogP contribution in [0.4, 0.5) is 4.79 Å². The number of hydrogen-bond acceptors (Lipinski definition) is 3. The Bertz CT molecular complexity index is 514. The van der Waals surface area contributed by atoms with Gasteiger partial charge in [0.25, 0.3) is 0 Å². The predicted octanol–water partition coefficient (Wildman–Crippen LogP) is 2.38. The standard InChI is InChI=1S/C18H27N3O3/c22-17(23)10-11-19-18(24)20-14-16(15-8-4-3-5-9-15)21-12-6-1-2-7-13-21/h3-5,8-9,16H,1-2,6-7,10-14H2,(H,22,23)(H2,19,20,24). The van der Waals surface area contributed by atoms with Crippen LogP contribution in [0.2, 0.25) is 0 Å². The van der Waals surface area contributed by atoms with Crippen LogP contribution in [0.3, 0.4) is 0 Å². The Morgan fingerprint density at radius 1 is 1.04 bits per heavy atom. The van der Waals surface area contributed by atoms with Gasteiger partial charge < -0.3 is 15.7 Å². The molecular formula is C18H27N3O3. The summed E-state index contributed by atoms with van der Waals surface area (Å²) in [7, 11) is 0. The normalized spacial score (nSPS) is 16.8. The Balaban J connectivity index is 1.93. The predicted molar refractivity (Wildman–Crippen MR) is 92.9 cm³/mol. The van der Waals surface area contributed by atoms with Crippen molar-refractivity contribution in [3.05, 3.63) is 35.9 Å². The number of carbonyl (C=O) groups is 2. The summed E-state index contributed by atoms with van der Waals surface area (Å²) in [5.74, 6) is -0.915. The van der Waals surface area contributed by atoms with Gasteiger partial charge in [0.15, 0.2) is 0 Å².